The second-order valence-electron chi connectivity index (χ2n) is 2.66. The zero-order valence-electron chi connectivity index (χ0n) is 7.97. The molecule has 0 aliphatic carbocycles. The number of hydrogen-bond donors (Lipinski definition) is 2. The maximum atomic E-state index is 11.5. The first-order valence-electron chi connectivity index (χ1n) is 4.17. The summed E-state index contributed by atoms with van der Waals surface area (Å²) in [6.07, 6.45) is 2.98. The van der Waals surface area contributed by atoms with Gasteiger partial charge in [0.15, 0.2) is 10.9 Å². The molecule has 0 radical (unpaired) electrons. The van der Waals surface area contributed by atoms with Crippen LogP contribution in [0.1, 0.15) is 10.6 Å². The van der Waals surface area contributed by atoms with E-state index in [1.165, 1.54) is 11.3 Å². The molecule has 0 aliphatic heterocycles. The maximum Gasteiger partial charge on any atom is 0.305 e. The first-order valence-corrected chi connectivity index (χ1v) is 4.58. The van der Waals surface area contributed by atoms with E-state index in [0.717, 1.165) is 0 Å². The Balaban J connectivity index is 2.62. The van der Waals surface area contributed by atoms with E-state index >= 15 is 0 Å². The van der Waals surface area contributed by atoms with E-state index < -0.39 is 5.91 Å². The quantitative estimate of drug-likeness (QED) is 0.449. The van der Waals surface area contributed by atoms with Gasteiger partial charge in [-0.2, -0.15) is 0 Å². The molecule has 0 saturated carbocycles. The van der Waals surface area contributed by atoms with Crippen molar-refractivity contribution in [2.24, 2.45) is 5.73 Å². The van der Waals surface area contributed by atoms with E-state index in [9.17, 15) is 4.79 Å². The summed E-state index contributed by atoms with van der Waals surface area (Å²) in [6, 6.07) is 3.16. The van der Waals surface area contributed by atoms with Gasteiger partial charge in [0.1, 0.15) is 0 Å². The number of hydrazine groups is 1. The van der Waals surface area contributed by atoms with E-state index in [1.54, 1.807) is 18.2 Å². The molecule has 1 heterocycles. The number of hydrogen-bond acceptors (Lipinski definition) is 3. The molecule has 3 N–H and O–H groups in total. The second-order valence-corrected chi connectivity index (χ2v) is 3.07. The van der Waals surface area contributed by atoms with Crippen LogP contribution in [-0.4, -0.2) is 22.6 Å². The third-order valence-corrected chi connectivity index (χ3v) is 1.78. The number of carbonyl (C=O) groups excluding carboxylic acids is 1. The second kappa shape index (κ2) is 5.16. The number of nitrogens with one attached hydrogen (secondary N) is 1. The highest BCUT2D eigenvalue weighted by atomic mass is 32.1. The van der Waals surface area contributed by atoms with Crippen molar-refractivity contribution >= 4 is 23.2 Å². The summed E-state index contributed by atoms with van der Waals surface area (Å²) < 4.78 is 4.91. The van der Waals surface area contributed by atoms with Gasteiger partial charge in [0.05, 0.1) is 12.8 Å². The lowest BCUT2D eigenvalue weighted by Gasteiger charge is -2.20. The van der Waals surface area contributed by atoms with Gasteiger partial charge in [0.25, 0.3) is 0 Å². The van der Waals surface area contributed by atoms with Gasteiger partial charge in [-0.1, -0.05) is 6.08 Å². The third kappa shape index (κ3) is 3.10. The molecule has 0 aromatic carbocycles. The highest BCUT2D eigenvalue weighted by molar-refractivity contribution is 7.80. The van der Waals surface area contributed by atoms with E-state index in [4.69, 9.17) is 22.4 Å². The van der Waals surface area contributed by atoms with E-state index in [2.05, 4.69) is 12.0 Å². The van der Waals surface area contributed by atoms with Crippen LogP contribution in [0.15, 0.2) is 35.5 Å². The predicted octanol–water partition coefficient (Wildman–Crippen LogP) is 0.656. The van der Waals surface area contributed by atoms with E-state index in [1.807, 2.05) is 0 Å². The van der Waals surface area contributed by atoms with Gasteiger partial charge in [0.2, 0.25) is 0 Å². The van der Waals surface area contributed by atoms with Gasteiger partial charge in [-0.3, -0.25) is 15.2 Å². The standard InChI is InChI=1S/C9H11N3O2S/c1-2-5-12(9(10)15)11-8(13)7-4-3-6-14-7/h2-4,6H,1,5H2,(H2,10,15)(H,11,13). The number of furan rings is 1. The Bertz CT molecular complexity index is 361. The first-order chi connectivity index (χ1) is 7.15. The fourth-order valence-corrected chi connectivity index (χ4v) is 1.03. The molecule has 1 amide bonds. The van der Waals surface area contributed by atoms with Crippen LogP contribution in [0.25, 0.3) is 0 Å². The molecule has 0 aliphatic rings. The molecular weight excluding hydrogens is 214 g/mol. The van der Waals surface area contributed by atoms with E-state index in [-0.39, 0.29) is 10.9 Å². The third-order valence-electron chi connectivity index (χ3n) is 1.56. The van der Waals surface area contributed by atoms with Crippen molar-refractivity contribution in [2.75, 3.05) is 6.54 Å². The minimum absolute atomic E-state index is 0.0646. The van der Waals surface area contributed by atoms with Crippen molar-refractivity contribution in [3.8, 4) is 0 Å². The summed E-state index contributed by atoms with van der Waals surface area (Å²) in [7, 11) is 0. The lowest BCUT2D eigenvalue weighted by atomic mass is 10.4. The summed E-state index contributed by atoms with van der Waals surface area (Å²) >= 11 is 4.74. The van der Waals surface area contributed by atoms with Crippen LogP contribution >= 0.6 is 12.2 Å². The van der Waals surface area contributed by atoms with Crippen molar-refractivity contribution in [2.45, 2.75) is 0 Å². The van der Waals surface area contributed by atoms with Crippen LogP contribution in [0.4, 0.5) is 0 Å². The Kier molecular flexibility index (Phi) is 3.87. The molecule has 1 aromatic rings. The number of nitrogens with two attached hydrogens (primary N) is 1. The van der Waals surface area contributed by atoms with Crippen molar-refractivity contribution < 1.29 is 9.21 Å². The minimum Gasteiger partial charge on any atom is -0.459 e. The van der Waals surface area contributed by atoms with Crippen molar-refractivity contribution in [1.82, 2.24) is 10.4 Å². The highest BCUT2D eigenvalue weighted by Gasteiger charge is 2.12. The molecular formula is C9H11N3O2S. The molecule has 1 aromatic heterocycles. The van der Waals surface area contributed by atoms with E-state index in [0.29, 0.717) is 6.54 Å². The number of amides is 1. The van der Waals surface area contributed by atoms with Gasteiger partial charge in [0, 0.05) is 0 Å². The van der Waals surface area contributed by atoms with Crippen LogP contribution < -0.4 is 11.2 Å². The van der Waals surface area contributed by atoms with Crippen molar-refractivity contribution in [3.63, 3.8) is 0 Å². The van der Waals surface area contributed by atoms with Gasteiger partial charge in [-0.05, 0) is 24.4 Å². The molecule has 0 atom stereocenters. The van der Waals surface area contributed by atoms with Gasteiger partial charge >= 0.3 is 5.91 Å². The topological polar surface area (TPSA) is 71.5 Å². The minimum atomic E-state index is -0.408. The Labute approximate surface area is 92.5 Å². The number of rotatable bonds is 3. The normalized spacial score (nSPS) is 9.33. The smallest absolute Gasteiger partial charge is 0.305 e. The molecule has 5 nitrogen and oxygen atoms in total. The number of carbonyl (C=O) groups is 1. The predicted molar refractivity (Wildman–Crippen MR) is 59.9 cm³/mol. The summed E-state index contributed by atoms with van der Waals surface area (Å²) in [5.41, 5.74) is 7.87. The largest absolute Gasteiger partial charge is 0.459 e. The fraction of sp³-hybridized carbons (Fsp3) is 0.111. The molecule has 0 fully saturated rings. The molecule has 15 heavy (non-hydrogen) atoms. The van der Waals surface area contributed by atoms with Crippen LogP contribution in [0.2, 0.25) is 0 Å². The molecule has 1 rings (SSSR count). The summed E-state index contributed by atoms with van der Waals surface area (Å²) in [5, 5.41) is 1.36. The Morgan fingerprint density at radius 2 is 2.53 bits per heavy atom. The lowest BCUT2D eigenvalue weighted by molar-refractivity contribution is 0.0850. The lowest BCUT2D eigenvalue weighted by Crippen LogP contribution is -2.48. The first kappa shape index (κ1) is 11.3. The average molecular weight is 225 g/mol. The summed E-state index contributed by atoms with van der Waals surface area (Å²) in [4.78, 5) is 11.5. The summed E-state index contributed by atoms with van der Waals surface area (Å²) in [5.74, 6) is -0.213. The number of thiocarbonyl (C=S) groups is 1. The molecule has 0 spiro atoms. The van der Waals surface area contributed by atoms with Gasteiger partial charge in [-0.15, -0.1) is 6.58 Å². The van der Waals surface area contributed by atoms with Crippen LogP contribution in [0.5, 0.6) is 0 Å². The Morgan fingerprint density at radius 3 is 3.00 bits per heavy atom. The van der Waals surface area contributed by atoms with Crippen LogP contribution in [-0.2, 0) is 0 Å². The molecule has 6 heteroatoms. The maximum absolute atomic E-state index is 11.5. The fourth-order valence-electron chi connectivity index (χ4n) is 0.905. The van der Waals surface area contributed by atoms with Gasteiger partial charge < -0.3 is 10.2 Å². The Morgan fingerprint density at radius 1 is 1.80 bits per heavy atom. The number of nitrogens with zero attached hydrogens (tertiary/aromatic N) is 1. The highest BCUT2D eigenvalue weighted by Crippen LogP contribution is 1.99. The van der Waals surface area contributed by atoms with Crippen molar-refractivity contribution in [3.05, 3.63) is 36.8 Å². The molecule has 0 saturated heterocycles. The van der Waals surface area contributed by atoms with Crippen LogP contribution in [0, 0.1) is 0 Å². The monoisotopic (exact) mass is 225 g/mol. The average Bonchev–Trinajstić information content (AvgIpc) is 2.69. The zero-order chi connectivity index (χ0) is 11.3. The zero-order valence-corrected chi connectivity index (χ0v) is 8.79. The molecule has 0 bridgehead atoms. The SMILES string of the molecule is C=CCN(NC(=O)c1ccco1)C(N)=S. The molecule has 0 unspecified atom stereocenters. The molecule has 80 valence electrons. The Hall–Kier alpha value is -1.82. The van der Waals surface area contributed by atoms with Gasteiger partial charge in [-0.25, -0.2) is 0 Å². The van der Waals surface area contributed by atoms with Crippen molar-refractivity contribution in [1.29, 1.82) is 0 Å². The summed E-state index contributed by atoms with van der Waals surface area (Å²) in [6.45, 7) is 3.86. The van der Waals surface area contributed by atoms with Crippen LogP contribution in [0.3, 0.4) is 0 Å².